The van der Waals surface area contributed by atoms with Crippen molar-refractivity contribution in [3.63, 3.8) is 0 Å². The van der Waals surface area contributed by atoms with Gasteiger partial charge in [0.2, 0.25) is 0 Å². The number of aromatic nitrogens is 5. The topological polar surface area (TPSA) is 80.5 Å². The van der Waals surface area contributed by atoms with Gasteiger partial charge in [-0.2, -0.15) is 10.2 Å². The number of aryl methyl sites for hydroxylation is 3. The van der Waals surface area contributed by atoms with Crippen molar-refractivity contribution in [3.05, 3.63) is 59.5 Å². The van der Waals surface area contributed by atoms with E-state index in [1.807, 2.05) is 54.7 Å². The van der Waals surface area contributed by atoms with Gasteiger partial charge >= 0.3 is 0 Å². The minimum Gasteiger partial charge on any atom is -0.349 e. The molecule has 0 aliphatic carbocycles. The number of carbonyl (C=O) groups is 1. The van der Waals surface area contributed by atoms with E-state index in [1.165, 1.54) is 5.56 Å². The van der Waals surface area contributed by atoms with Crippen molar-refractivity contribution in [2.75, 3.05) is 0 Å². The summed E-state index contributed by atoms with van der Waals surface area (Å²) in [5.74, 6) is -0.204. The highest BCUT2D eigenvalue weighted by Gasteiger charge is 2.14. The molecule has 0 atom stereocenters. The van der Waals surface area contributed by atoms with Crippen LogP contribution in [0.1, 0.15) is 21.7 Å². The molecule has 3 heterocycles. The van der Waals surface area contributed by atoms with Crippen molar-refractivity contribution < 1.29 is 4.79 Å². The molecular weight excluding hydrogens is 328 g/mol. The molecule has 4 aromatic rings. The molecule has 4 rings (SSSR count). The van der Waals surface area contributed by atoms with E-state index in [4.69, 9.17) is 0 Å². The number of H-pyrrole nitrogens is 1. The number of hydrogen-bond donors (Lipinski definition) is 2. The van der Waals surface area contributed by atoms with Gasteiger partial charge < -0.3 is 9.88 Å². The maximum Gasteiger partial charge on any atom is 0.269 e. The quantitative estimate of drug-likeness (QED) is 0.595. The van der Waals surface area contributed by atoms with Crippen LogP contribution in [-0.4, -0.2) is 30.5 Å². The Hall–Kier alpha value is -3.35. The summed E-state index contributed by atoms with van der Waals surface area (Å²) in [6.07, 6.45) is 1.94. The monoisotopic (exact) mass is 348 g/mol. The minimum atomic E-state index is -0.204. The van der Waals surface area contributed by atoms with E-state index >= 15 is 0 Å². The summed E-state index contributed by atoms with van der Waals surface area (Å²) in [6.45, 7) is 2.41. The number of nitrogens with zero attached hydrogens (tertiary/aromatic N) is 4. The number of aromatic amines is 1. The first-order valence-corrected chi connectivity index (χ1v) is 8.40. The molecule has 0 fully saturated rings. The van der Waals surface area contributed by atoms with Gasteiger partial charge in [-0.25, -0.2) is 0 Å². The Morgan fingerprint density at radius 2 is 2.08 bits per heavy atom. The highest BCUT2D eigenvalue weighted by molar-refractivity contribution is 5.93. The van der Waals surface area contributed by atoms with Crippen molar-refractivity contribution in [1.82, 2.24) is 29.9 Å². The average Bonchev–Trinajstić information content (AvgIpc) is 3.32. The molecule has 0 aliphatic heterocycles. The molecule has 1 amide bonds. The number of rotatable bonds is 4. The summed E-state index contributed by atoms with van der Waals surface area (Å²) in [5.41, 5.74) is 5.18. The third kappa shape index (κ3) is 2.77. The van der Waals surface area contributed by atoms with Gasteiger partial charge in [0.1, 0.15) is 11.4 Å². The van der Waals surface area contributed by atoms with E-state index < -0.39 is 0 Å². The van der Waals surface area contributed by atoms with Crippen molar-refractivity contribution in [2.24, 2.45) is 14.1 Å². The fourth-order valence-electron chi connectivity index (χ4n) is 3.14. The van der Waals surface area contributed by atoms with Crippen molar-refractivity contribution in [3.8, 4) is 11.4 Å². The van der Waals surface area contributed by atoms with Crippen LogP contribution in [0, 0.1) is 6.92 Å². The van der Waals surface area contributed by atoms with Crippen LogP contribution in [0.15, 0.2) is 42.6 Å². The van der Waals surface area contributed by atoms with E-state index in [0.29, 0.717) is 12.2 Å². The van der Waals surface area contributed by atoms with Gasteiger partial charge in [-0.15, -0.1) is 0 Å². The highest BCUT2D eigenvalue weighted by atomic mass is 16.1. The van der Waals surface area contributed by atoms with Crippen LogP contribution in [0.3, 0.4) is 0 Å². The van der Waals surface area contributed by atoms with Crippen LogP contribution in [0.5, 0.6) is 0 Å². The normalized spacial score (nSPS) is 11.2. The molecule has 3 aromatic heterocycles. The number of amides is 1. The third-order valence-electron chi connectivity index (χ3n) is 4.53. The van der Waals surface area contributed by atoms with Crippen LogP contribution < -0.4 is 5.32 Å². The molecule has 1 aromatic carbocycles. The Labute approximate surface area is 150 Å². The fraction of sp³-hybridized carbons (Fsp3) is 0.211. The maximum absolute atomic E-state index is 12.5. The Balaban J connectivity index is 1.52. The number of benzene rings is 1. The molecule has 132 valence electrons. The molecule has 0 spiro atoms. The van der Waals surface area contributed by atoms with Crippen molar-refractivity contribution in [2.45, 2.75) is 13.5 Å². The predicted molar refractivity (Wildman–Crippen MR) is 99.6 cm³/mol. The number of carbonyl (C=O) groups excluding carboxylic acids is 1. The molecule has 0 radical (unpaired) electrons. The summed E-state index contributed by atoms with van der Waals surface area (Å²) in [5, 5.41) is 15.5. The summed E-state index contributed by atoms with van der Waals surface area (Å²) < 4.78 is 3.79. The van der Waals surface area contributed by atoms with Crippen LogP contribution in [0.25, 0.3) is 22.3 Å². The van der Waals surface area contributed by atoms with Gasteiger partial charge in [-0.3, -0.25) is 14.6 Å². The Kier molecular flexibility index (Phi) is 3.84. The van der Waals surface area contributed by atoms with Gasteiger partial charge in [-0.1, -0.05) is 11.6 Å². The Morgan fingerprint density at radius 3 is 2.85 bits per heavy atom. The van der Waals surface area contributed by atoms with Gasteiger partial charge in [0.15, 0.2) is 0 Å². The zero-order valence-corrected chi connectivity index (χ0v) is 14.9. The lowest BCUT2D eigenvalue weighted by Crippen LogP contribution is -2.23. The van der Waals surface area contributed by atoms with Crippen LogP contribution in [-0.2, 0) is 20.6 Å². The molecule has 2 N–H and O–H groups in total. The number of fused-ring (bicyclic) bond motifs is 1. The molecular formula is C19H20N6O. The smallest absolute Gasteiger partial charge is 0.269 e. The lowest BCUT2D eigenvalue weighted by atomic mass is 10.1. The Bertz CT molecular complexity index is 1100. The molecule has 0 aliphatic rings. The molecule has 0 unspecified atom stereocenters. The van der Waals surface area contributed by atoms with E-state index in [-0.39, 0.29) is 5.91 Å². The Morgan fingerprint density at radius 1 is 1.23 bits per heavy atom. The first-order valence-electron chi connectivity index (χ1n) is 8.40. The summed E-state index contributed by atoms with van der Waals surface area (Å²) in [7, 11) is 3.85. The summed E-state index contributed by atoms with van der Waals surface area (Å²) >= 11 is 0. The van der Waals surface area contributed by atoms with Crippen molar-refractivity contribution >= 4 is 16.8 Å². The highest BCUT2D eigenvalue weighted by Crippen LogP contribution is 2.20. The SMILES string of the molecule is Cc1ccc2c(c1)c(CNC(=O)c1cc(-c3cccn3C)n[nH]1)nn2C. The van der Waals surface area contributed by atoms with Crippen LogP contribution in [0.4, 0.5) is 0 Å². The fourth-order valence-corrected chi connectivity index (χ4v) is 3.14. The van der Waals surface area contributed by atoms with E-state index in [0.717, 1.165) is 28.0 Å². The van der Waals surface area contributed by atoms with Crippen molar-refractivity contribution in [1.29, 1.82) is 0 Å². The predicted octanol–water partition coefficient (Wildman–Crippen LogP) is 2.54. The second-order valence-corrected chi connectivity index (χ2v) is 6.44. The lowest BCUT2D eigenvalue weighted by molar-refractivity contribution is 0.0945. The minimum absolute atomic E-state index is 0.204. The van der Waals surface area contributed by atoms with Gasteiger partial charge in [0.25, 0.3) is 5.91 Å². The zero-order chi connectivity index (χ0) is 18.3. The van der Waals surface area contributed by atoms with Gasteiger partial charge in [0, 0.05) is 25.7 Å². The maximum atomic E-state index is 12.5. The third-order valence-corrected chi connectivity index (χ3v) is 4.53. The molecule has 26 heavy (non-hydrogen) atoms. The largest absolute Gasteiger partial charge is 0.349 e. The van der Waals surface area contributed by atoms with E-state index in [2.05, 4.69) is 32.7 Å². The summed E-state index contributed by atoms with van der Waals surface area (Å²) in [4.78, 5) is 12.5. The van der Waals surface area contributed by atoms with Gasteiger partial charge in [0.05, 0.1) is 23.4 Å². The molecule has 0 bridgehead atoms. The van der Waals surface area contributed by atoms with Crippen LogP contribution >= 0.6 is 0 Å². The second-order valence-electron chi connectivity index (χ2n) is 6.44. The molecule has 0 saturated carbocycles. The number of nitrogens with one attached hydrogen (secondary N) is 2. The van der Waals surface area contributed by atoms with E-state index in [9.17, 15) is 4.79 Å². The lowest BCUT2D eigenvalue weighted by Gasteiger charge is -2.02. The molecule has 7 heteroatoms. The molecule has 0 saturated heterocycles. The average molecular weight is 348 g/mol. The van der Waals surface area contributed by atoms with Crippen LogP contribution in [0.2, 0.25) is 0 Å². The second kappa shape index (κ2) is 6.18. The van der Waals surface area contributed by atoms with E-state index in [1.54, 1.807) is 6.07 Å². The first kappa shape index (κ1) is 16.1. The molecule has 7 nitrogen and oxygen atoms in total. The zero-order valence-electron chi connectivity index (χ0n) is 14.9. The summed E-state index contributed by atoms with van der Waals surface area (Å²) in [6, 6.07) is 11.9. The standard InChI is InChI=1S/C19H20N6O/c1-12-6-7-17-13(9-12)16(23-25(17)3)11-20-19(26)15-10-14(21-22-15)18-5-4-8-24(18)2/h4-10H,11H2,1-3H3,(H,20,26)(H,21,22). The first-order chi connectivity index (χ1) is 12.5. The number of hydrogen-bond acceptors (Lipinski definition) is 3. The van der Waals surface area contributed by atoms with Gasteiger partial charge in [-0.05, 0) is 37.3 Å².